The number of ether oxygens (including phenoxy) is 3. The summed E-state index contributed by atoms with van der Waals surface area (Å²) in [5, 5.41) is 40.1. The molecule has 25 heteroatoms. The molecule has 0 saturated carbocycles. The Balaban J connectivity index is 1.51. The van der Waals surface area contributed by atoms with E-state index in [4.69, 9.17) is 30.8 Å². The fraction of sp³-hybridized carbons (Fsp3) is 0.447. The van der Waals surface area contributed by atoms with Crippen LogP contribution in [0.25, 0.3) is 0 Å². The molecule has 2 aromatic carbocycles. The van der Waals surface area contributed by atoms with E-state index in [0.717, 1.165) is 0 Å². The van der Waals surface area contributed by atoms with Crippen LogP contribution in [-0.2, 0) is 55.8 Å². The summed E-state index contributed by atoms with van der Waals surface area (Å²) in [6.45, 7) is 0.879. The van der Waals surface area contributed by atoms with Crippen molar-refractivity contribution in [2.75, 3.05) is 70.4 Å². The third-order valence-electron chi connectivity index (χ3n) is 10.6. The number of aliphatic carboxylic acids is 1. The van der Waals surface area contributed by atoms with Crippen LogP contribution in [0.4, 0.5) is 11.6 Å². The summed E-state index contributed by atoms with van der Waals surface area (Å²) in [4.78, 5) is 106. The minimum absolute atomic E-state index is 0.00240. The number of aromatic amines is 2. The minimum atomic E-state index is -1.29. The fourth-order valence-electron chi connectivity index (χ4n) is 6.87. The summed E-state index contributed by atoms with van der Waals surface area (Å²) >= 11 is 0. The van der Waals surface area contributed by atoms with Crippen LogP contribution < -0.4 is 48.7 Å². The SMILES string of the molecule is COCCOCCOCC(=O)Nc1cc(C(=O)N[C@@H](Cc2ccccc2)C(=O)N[C@@H](Cc2ccccc2)C(=O)N[C@@H](CCCCN)C(=O)N[C@@H](CCCCN)C(=O)Nc2cc(C(=O)NCC(=O)O)[nH]n2)[nH]n1. The van der Waals surface area contributed by atoms with E-state index in [2.05, 4.69) is 57.6 Å². The zero-order chi connectivity index (χ0) is 52.1. The topological polar surface area (TPSA) is 378 Å². The van der Waals surface area contributed by atoms with Gasteiger partial charge in [-0.2, -0.15) is 10.2 Å². The zero-order valence-electron chi connectivity index (χ0n) is 40.0. The standard InChI is InChI=1S/C47H65N13O12/c1-70-20-21-71-22-23-72-29-40(61)55-38-27-37(58-59-38)47(69)54-35(25-31-14-6-3-7-15-31)46(68)53-34(24-30-12-4-2-5-13-30)45(67)52-32(16-8-10-18-48)43(65)51-33(17-9-11-19-49)44(66)56-39-26-36(57-60-39)42(64)50-28-41(62)63/h2-7,12-15,26-27,32-35H,8-11,16-25,28-29,48-49H2,1H3,(H,50,64)(H,51,65)(H,52,67)(H,53,68)(H,54,69)(H,62,63)(H2,55,58,59,61)(H2,56,57,60,66)/t32-,33-,34-,35-/m0/s1. The van der Waals surface area contributed by atoms with Crippen molar-refractivity contribution in [2.45, 2.75) is 75.5 Å². The maximum absolute atomic E-state index is 14.4. The number of H-pyrrole nitrogens is 2. The van der Waals surface area contributed by atoms with Crippen LogP contribution in [0.15, 0.2) is 72.8 Å². The van der Waals surface area contributed by atoms with Crippen molar-refractivity contribution in [1.82, 2.24) is 47.0 Å². The van der Waals surface area contributed by atoms with E-state index in [1.807, 2.05) is 0 Å². The first-order valence-corrected chi connectivity index (χ1v) is 23.4. The highest BCUT2D eigenvalue weighted by atomic mass is 16.5. The number of aromatic nitrogens is 4. The van der Waals surface area contributed by atoms with Crippen molar-refractivity contribution >= 4 is 59.0 Å². The van der Waals surface area contributed by atoms with Gasteiger partial charge >= 0.3 is 5.97 Å². The predicted octanol–water partition coefficient (Wildman–Crippen LogP) is -0.500. The number of rotatable bonds is 34. The highest BCUT2D eigenvalue weighted by molar-refractivity contribution is 6.01. The van der Waals surface area contributed by atoms with E-state index in [1.54, 1.807) is 67.8 Å². The molecule has 25 nitrogen and oxygen atoms in total. The second kappa shape index (κ2) is 31.6. The Morgan fingerprint density at radius 2 is 1.06 bits per heavy atom. The first-order chi connectivity index (χ1) is 34.8. The van der Waals surface area contributed by atoms with E-state index < -0.39 is 78.0 Å². The summed E-state index contributed by atoms with van der Waals surface area (Å²) in [5.41, 5.74) is 12.6. The van der Waals surface area contributed by atoms with Crippen molar-refractivity contribution in [2.24, 2.45) is 11.5 Å². The molecular formula is C47H65N13O12. The van der Waals surface area contributed by atoms with Crippen LogP contribution in [0.3, 0.4) is 0 Å². The number of benzene rings is 2. The molecule has 0 unspecified atom stereocenters. The van der Waals surface area contributed by atoms with E-state index in [1.165, 1.54) is 12.1 Å². The first kappa shape index (κ1) is 57.0. The smallest absolute Gasteiger partial charge is 0.322 e. The van der Waals surface area contributed by atoms with Gasteiger partial charge in [-0.05, 0) is 62.7 Å². The molecule has 0 aliphatic rings. The Hall–Kier alpha value is -7.58. The molecule has 4 atom stereocenters. The number of carboxylic acids is 1. The predicted molar refractivity (Wildman–Crippen MR) is 261 cm³/mol. The fourth-order valence-corrected chi connectivity index (χ4v) is 6.87. The van der Waals surface area contributed by atoms with Crippen LogP contribution in [0.2, 0.25) is 0 Å². The van der Waals surface area contributed by atoms with Gasteiger partial charge in [0, 0.05) is 32.1 Å². The molecule has 0 radical (unpaired) electrons. The lowest BCUT2D eigenvalue weighted by Gasteiger charge is -2.27. The van der Waals surface area contributed by atoms with Crippen LogP contribution in [-0.4, -0.2) is 157 Å². The van der Waals surface area contributed by atoms with Gasteiger partial charge in [-0.15, -0.1) is 0 Å². The Kier molecular flexibility index (Phi) is 25.0. The molecule has 4 aromatic rings. The molecular weight excluding hydrogens is 939 g/mol. The molecule has 0 aliphatic carbocycles. The van der Waals surface area contributed by atoms with Crippen molar-refractivity contribution in [3.63, 3.8) is 0 Å². The molecule has 0 spiro atoms. The molecule has 390 valence electrons. The third-order valence-corrected chi connectivity index (χ3v) is 10.6. The summed E-state index contributed by atoms with van der Waals surface area (Å²) in [6.07, 6.45) is 2.04. The molecule has 4 rings (SSSR count). The summed E-state index contributed by atoms with van der Waals surface area (Å²) in [7, 11) is 1.55. The maximum atomic E-state index is 14.4. The molecule has 14 N–H and O–H groups in total. The van der Waals surface area contributed by atoms with E-state index >= 15 is 0 Å². The number of amides is 7. The number of nitrogens with two attached hydrogens (primary N) is 2. The lowest BCUT2D eigenvalue weighted by Crippen LogP contribution is -2.58. The van der Waals surface area contributed by atoms with E-state index in [0.29, 0.717) is 63.1 Å². The van der Waals surface area contributed by atoms with Gasteiger partial charge in [0.05, 0.1) is 26.4 Å². The lowest BCUT2D eigenvalue weighted by molar-refractivity contribution is -0.136. The number of carboxylic acid groups (broad SMARTS) is 1. The molecule has 0 aliphatic heterocycles. The first-order valence-electron chi connectivity index (χ1n) is 23.4. The highest BCUT2D eigenvalue weighted by Crippen LogP contribution is 2.13. The van der Waals surface area contributed by atoms with Crippen LogP contribution in [0, 0.1) is 0 Å². The number of nitrogens with one attached hydrogen (secondary N) is 9. The van der Waals surface area contributed by atoms with Gasteiger partial charge in [0.25, 0.3) is 17.7 Å². The summed E-state index contributed by atoms with van der Waals surface area (Å²) < 4.78 is 15.5. The molecule has 0 saturated heterocycles. The van der Waals surface area contributed by atoms with Crippen LogP contribution in [0.1, 0.15) is 70.6 Å². The van der Waals surface area contributed by atoms with Crippen molar-refractivity contribution in [3.8, 4) is 0 Å². The second-order valence-electron chi connectivity index (χ2n) is 16.3. The normalized spacial score (nSPS) is 12.6. The van der Waals surface area contributed by atoms with E-state index in [-0.39, 0.29) is 68.5 Å². The Labute approximate surface area is 415 Å². The number of carbonyl (C=O) groups is 8. The molecule has 0 bridgehead atoms. The average molecular weight is 1000 g/mol. The van der Waals surface area contributed by atoms with E-state index in [9.17, 15) is 38.4 Å². The Morgan fingerprint density at radius 3 is 1.60 bits per heavy atom. The van der Waals surface area contributed by atoms with Gasteiger partial charge in [-0.3, -0.25) is 48.6 Å². The number of methoxy groups -OCH3 is 1. The maximum Gasteiger partial charge on any atom is 0.322 e. The number of anilines is 2. The monoisotopic (exact) mass is 1000 g/mol. The summed E-state index contributed by atoms with van der Waals surface area (Å²) in [6, 6.07) is 15.2. The van der Waals surface area contributed by atoms with Crippen molar-refractivity contribution < 1.29 is 57.7 Å². The summed E-state index contributed by atoms with van der Waals surface area (Å²) in [5.74, 6) is -6.27. The molecule has 2 aromatic heterocycles. The second-order valence-corrected chi connectivity index (χ2v) is 16.3. The van der Waals surface area contributed by atoms with Crippen molar-refractivity contribution in [1.29, 1.82) is 0 Å². The molecule has 72 heavy (non-hydrogen) atoms. The van der Waals surface area contributed by atoms with Crippen molar-refractivity contribution in [3.05, 3.63) is 95.3 Å². The zero-order valence-corrected chi connectivity index (χ0v) is 40.0. The quantitative estimate of drug-likeness (QED) is 0.0263. The largest absolute Gasteiger partial charge is 0.480 e. The van der Waals surface area contributed by atoms with Gasteiger partial charge in [0.15, 0.2) is 11.6 Å². The van der Waals surface area contributed by atoms with Gasteiger partial charge in [-0.1, -0.05) is 60.7 Å². The number of nitrogens with zero attached hydrogens (tertiary/aromatic N) is 2. The van der Waals surface area contributed by atoms with Crippen LogP contribution in [0.5, 0.6) is 0 Å². The van der Waals surface area contributed by atoms with Gasteiger partial charge in [-0.25, -0.2) is 0 Å². The molecule has 0 fully saturated rings. The number of hydrogen-bond donors (Lipinski definition) is 12. The minimum Gasteiger partial charge on any atom is -0.480 e. The highest BCUT2D eigenvalue weighted by Gasteiger charge is 2.32. The van der Waals surface area contributed by atoms with Crippen LogP contribution >= 0.6 is 0 Å². The van der Waals surface area contributed by atoms with Gasteiger partial charge in [0.1, 0.15) is 48.7 Å². The lowest BCUT2D eigenvalue weighted by atomic mass is 10.0. The number of carbonyl (C=O) groups excluding carboxylic acids is 7. The number of unbranched alkanes of at least 4 members (excludes halogenated alkanes) is 2. The van der Waals surface area contributed by atoms with Gasteiger partial charge in [0.2, 0.25) is 23.6 Å². The molecule has 7 amide bonds. The Bertz CT molecular complexity index is 2350. The molecule has 2 heterocycles. The number of hydrogen-bond acceptors (Lipinski definition) is 15. The average Bonchev–Trinajstić information content (AvgIpc) is 4.05. The van der Waals surface area contributed by atoms with Gasteiger partial charge < -0.3 is 68.0 Å². The Morgan fingerprint density at radius 1 is 0.583 bits per heavy atom. The third kappa shape index (κ3) is 20.8.